The van der Waals surface area contributed by atoms with Gasteiger partial charge in [-0.2, -0.15) is 5.10 Å². The van der Waals surface area contributed by atoms with E-state index in [1.807, 2.05) is 44.6 Å². The Morgan fingerprint density at radius 1 is 1.25 bits per heavy atom. The van der Waals surface area contributed by atoms with E-state index in [1.54, 1.807) is 0 Å². The van der Waals surface area contributed by atoms with Gasteiger partial charge in [0, 0.05) is 23.4 Å². The second kappa shape index (κ2) is 8.97. The van der Waals surface area contributed by atoms with E-state index in [1.165, 1.54) is 0 Å². The summed E-state index contributed by atoms with van der Waals surface area (Å²) in [5, 5.41) is 15.2. The summed E-state index contributed by atoms with van der Waals surface area (Å²) in [4.78, 5) is 10.9. The molecule has 0 bridgehead atoms. The number of benzene rings is 1. The van der Waals surface area contributed by atoms with E-state index < -0.39 is 24.3 Å². The maximum absolute atomic E-state index is 10.9. The van der Waals surface area contributed by atoms with Gasteiger partial charge in [-0.15, -0.1) is 0 Å². The molecule has 7 nitrogen and oxygen atoms in total. The largest absolute Gasteiger partial charge is 0.495 e. The molecule has 4 rings (SSSR count). The summed E-state index contributed by atoms with van der Waals surface area (Å²) in [6.45, 7) is 8.84. The highest BCUT2D eigenvalue weighted by atomic mass is 35.5. The molecule has 3 heterocycles. The van der Waals surface area contributed by atoms with Gasteiger partial charge in [0.25, 0.3) is 0 Å². The Balaban J connectivity index is 1.76. The highest BCUT2D eigenvalue weighted by Crippen LogP contribution is 2.38. The normalized spacial score (nSPS) is 22.5. The molecule has 2 aliphatic rings. The van der Waals surface area contributed by atoms with Crippen molar-refractivity contribution < 1.29 is 23.9 Å². The summed E-state index contributed by atoms with van der Waals surface area (Å²) in [6.07, 6.45) is 6.91. The fourth-order valence-electron chi connectivity index (χ4n) is 4.43. The van der Waals surface area contributed by atoms with Gasteiger partial charge in [0.2, 0.25) is 0 Å². The minimum Gasteiger partial charge on any atom is -0.481 e. The second-order valence-electron chi connectivity index (χ2n) is 9.78. The molecule has 0 amide bonds. The van der Waals surface area contributed by atoms with Gasteiger partial charge in [-0.1, -0.05) is 11.6 Å². The number of carbonyl (C=O) groups is 1. The predicted octanol–water partition coefficient (Wildman–Crippen LogP) is 4.49. The molecule has 1 N–H and O–H groups in total. The van der Waals surface area contributed by atoms with E-state index in [2.05, 4.69) is 5.10 Å². The molecule has 2 aliphatic heterocycles. The Morgan fingerprint density at radius 2 is 1.97 bits per heavy atom. The van der Waals surface area contributed by atoms with Crippen LogP contribution in [0.2, 0.25) is 5.02 Å². The van der Waals surface area contributed by atoms with Crippen LogP contribution >= 0.6 is 11.6 Å². The van der Waals surface area contributed by atoms with Crippen molar-refractivity contribution in [3.05, 3.63) is 22.8 Å². The Kier molecular flexibility index (Phi) is 6.60. The molecule has 0 aliphatic carbocycles. The number of rotatable bonds is 7. The second-order valence-corrected chi connectivity index (χ2v) is 10.2. The lowest BCUT2D eigenvalue weighted by molar-refractivity contribution is -0.137. The van der Waals surface area contributed by atoms with Crippen LogP contribution < -0.4 is 5.46 Å². The average Bonchev–Trinajstić information content (AvgIpc) is 3.22. The van der Waals surface area contributed by atoms with E-state index in [-0.39, 0.29) is 12.6 Å². The summed E-state index contributed by atoms with van der Waals surface area (Å²) in [6, 6.07) is 1.95. The quantitative estimate of drug-likeness (QED) is 0.482. The first-order valence-corrected chi connectivity index (χ1v) is 11.9. The highest BCUT2D eigenvalue weighted by Gasteiger charge is 2.53. The van der Waals surface area contributed by atoms with E-state index in [4.69, 9.17) is 30.8 Å². The van der Waals surface area contributed by atoms with Gasteiger partial charge in [0.05, 0.1) is 22.9 Å². The van der Waals surface area contributed by atoms with Crippen molar-refractivity contribution in [3.63, 3.8) is 0 Å². The third-order valence-electron chi connectivity index (χ3n) is 6.99. The Morgan fingerprint density at radius 3 is 2.59 bits per heavy atom. The summed E-state index contributed by atoms with van der Waals surface area (Å²) >= 11 is 6.83. The van der Waals surface area contributed by atoms with Crippen LogP contribution in [0.5, 0.6) is 0 Å². The van der Waals surface area contributed by atoms with Crippen molar-refractivity contribution in [2.45, 2.75) is 90.1 Å². The Bertz CT molecular complexity index is 984. The van der Waals surface area contributed by atoms with E-state index in [9.17, 15) is 4.79 Å². The van der Waals surface area contributed by atoms with Gasteiger partial charge >= 0.3 is 13.1 Å². The first kappa shape index (κ1) is 23.5. The van der Waals surface area contributed by atoms with Crippen molar-refractivity contribution in [1.82, 2.24) is 9.78 Å². The summed E-state index contributed by atoms with van der Waals surface area (Å²) in [5.74, 6) is -0.786. The lowest BCUT2D eigenvalue weighted by atomic mass is 9.73. The Labute approximate surface area is 194 Å². The van der Waals surface area contributed by atoms with Crippen molar-refractivity contribution in [2.24, 2.45) is 0 Å². The van der Waals surface area contributed by atoms with Crippen molar-refractivity contribution in [3.8, 4) is 0 Å². The molecule has 1 aromatic heterocycles. The van der Waals surface area contributed by atoms with E-state index in [0.29, 0.717) is 24.3 Å². The number of ether oxygens (including phenoxy) is 1. The van der Waals surface area contributed by atoms with Crippen LogP contribution in [0.1, 0.15) is 78.0 Å². The number of aromatic nitrogens is 2. The molecule has 174 valence electrons. The van der Waals surface area contributed by atoms with E-state index >= 15 is 0 Å². The van der Waals surface area contributed by atoms with Crippen LogP contribution in [0.4, 0.5) is 0 Å². The molecule has 1 unspecified atom stereocenters. The number of hydrogen-bond donors (Lipinski definition) is 1. The van der Waals surface area contributed by atoms with Gasteiger partial charge in [-0.05, 0) is 83.3 Å². The van der Waals surface area contributed by atoms with Crippen LogP contribution in [0, 0.1) is 0 Å². The third-order valence-corrected chi connectivity index (χ3v) is 7.32. The summed E-state index contributed by atoms with van der Waals surface area (Å²) in [5.41, 5.74) is 1.75. The summed E-state index contributed by atoms with van der Waals surface area (Å²) < 4.78 is 20.7. The number of halogens is 1. The predicted molar refractivity (Wildman–Crippen MR) is 124 cm³/mol. The molecule has 9 heteroatoms. The Hall–Kier alpha value is -1.61. The molecule has 1 atom stereocenters. The van der Waals surface area contributed by atoms with Crippen molar-refractivity contribution in [1.29, 1.82) is 0 Å². The van der Waals surface area contributed by atoms with Crippen LogP contribution in [0.3, 0.4) is 0 Å². The number of nitrogens with zero attached hydrogens (tertiary/aromatic N) is 2. The molecule has 0 saturated carbocycles. The van der Waals surface area contributed by atoms with Gasteiger partial charge < -0.3 is 19.2 Å². The zero-order chi connectivity index (χ0) is 23.1. The number of carboxylic acid groups (broad SMARTS) is 1. The number of carboxylic acids is 1. The maximum atomic E-state index is 10.9. The monoisotopic (exact) mass is 462 g/mol. The molecule has 2 fully saturated rings. The number of aliphatic carboxylic acids is 1. The zero-order valence-corrected chi connectivity index (χ0v) is 20.1. The minimum absolute atomic E-state index is 0.107. The molecule has 0 radical (unpaired) electrons. The number of hydrogen-bond acceptors (Lipinski definition) is 5. The molecular formula is C23H32BClN2O5. The molecule has 2 aromatic rings. The minimum atomic E-state index is -0.786. The average molecular weight is 463 g/mol. The number of unbranched alkanes of at least 4 members (excludes halogenated alkanes) is 1. The fourth-order valence-corrected chi connectivity index (χ4v) is 4.73. The number of fused-ring (bicyclic) bond motifs is 1. The standard InChI is InChI=1S/C23H32BClN2O5/c1-22(2)23(3,4)32-24(31-22)21-15(9-5-6-11-20(28)29)17(25)13-18-16(21)14-26-27(18)19-10-7-8-12-30-19/h13-14,19H,5-12H2,1-4H3,(H,28,29). The summed E-state index contributed by atoms with van der Waals surface area (Å²) in [7, 11) is -0.583. The fraction of sp³-hybridized carbons (Fsp3) is 0.652. The molecular weight excluding hydrogens is 431 g/mol. The molecule has 1 aromatic carbocycles. The zero-order valence-electron chi connectivity index (χ0n) is 19.3. The first-order valence-electron chi connectivity index (χ1n) is 11.5. The van der Waals surface area contributed by atoms with Crippen molar-refractivity contribution >= 4 is 41.1 Å². The van der Waals surface area contributed by atoms with Crippen LogP contribution in [-0.4, -0.2) is 45.8 Å². The van der Waals surface area contributed by atoms with Crippen LogP contribution in [0.15, 0.2) is 12.3 Å². The van der Waals surface area contributed by atoms with Gasteiger partial charge in [0.15, 0.2) is 6.23 Å². The SMILES string of the molecule is CC1(C)OB(c2c(CCCCC(=O)O)c(Cl)cc3c2cnn3C2CCCCO2)OC1(C)C. The third kappa shape index (κ3) is 4.43. The van der Waals surface area contributed by atoms with Gasteiger partial charge in [0.1, 0.15) is 0 Å². The molecule has 32 heavy (non-hydrogen) atoms. The lowest BCUT2D eigenvalue weighted by Crippen LogP contribution is -2.41. The lowest BCUT2D eigenvalue weighted by Gasteiger charge is -2.32. The van der Waals surface area contributed by atoms with Gasteiger partial charge in [-0.25, -0.2) is 4.68 Å². The molecule has 2 saturated heterocycles. The topological polar surface area (TPSA) is 82.8 Å². The van der Waals surface area contributed by atoms with Crippen molar-refractivity contribution in [2.75, 3.05) is 6.61 Å². The smallest absolute Gasteiger partial charge is 0.481 e. The van der Waals surface area contributed by atoms with E-state index in [0.717, 1.165) is 47.8 Å². The maximum Gasteiger partial charge on any atom is 0.495 e. The van der Waals surface area contributed by atoms with Gasteiger partial charge in [-0.3, -0.25) is 4.79 Å². The van der Waals surface area contributed by atoms with Crippen LogP contribution in [0.25, 0.3) is 10.9 Å². The highest BCUT2D eigenvalue weighted by molar-refractivity contribution is 6.66. The first-order chi connectivity index (χ1) is 15.1. The van der Waals surface area contributed by atoms with Crippen LogP contribution in [-0.2, 0) is 25.3 Å². The molecule has 0 spiro atoms.